The number of nitrogens with one attached hydrogen (secondary N) is 1. The second-order valence-corrected chi connectivity index (χ2v) is 7.87. The molecule has 30 heavy (non-hydrogen) atoms. The van der Waals surface area contributed by atoms with Crippen molar-refractivity contribution in [2.24, 2.45) is 5.16 Å². The van der Waals surface area contributed by atoms with Gasteiger partial charge in [0.15, 0.2) is 0 Å². The first-order valence-corrected chi connectivity index (χ1v) is 10.8. The third-order valence-corrected chi connectivity index (χ3v) is 5.75. The minimum atomic E-state index is 0.0429. The van der Waals surface area contributed by atoms with E-state index < -0.39 is 0 Å². The van der Waals surface area contributed by atoms with Crippen LogP contribution in [-0.4, -0.2) is 33.0 Å². The van der Waals surface area contributed by atoms with Crippen LogP contribution in [0.1, 0.15) is 54.6 Å². The van der Waals surface area contributed by atoms with Gasteiger partial charge in [0.2, 0.25) is 0 Å². The Bertz CT molecular complexity index is 1050. The third kappa shape index (κ3) is 4.53. The van der Waals surface area contributed by atoms with Crippen molar-refractivity contribution in [2.75, 3.05) is 11.9 Å². The van der Waals surface area contributed by atoms with Gasteiger partial charge in [-0.3, -0.25) is 9.97 Å². The Hall–Kier alpha value is -3.15. The second-order valence-electron chi connectivity index (χ2n) is 7.87. The number of anilines is 1. The number of benzene rings is 1. The van der Waals surface area contributed by atoms with Crippen LogP contribution in [0, 0.1) is 0 Å². The molecule has 1 aliphatic carbocycles. The standard InChI is InChI=1S/C24H28N4O2/c29-23-14-17(15-26-22(23)16-27-30)8-2-1-7-13-25-24-18-9-3-5-11-20(18)28-21-12-6-4-10-19(21)24/h3,5,9,11,14-16,29-30H,1-2,4,6-8,10,12-13H2,(H,25,28)/b27-16-. The van der Waals surface area contributed by atoms with Crippen molar-refractivity contribution in [1.82, 2.24) is 9.97 Å². The van der Waals surface area contributed by atoms with E-state index in [1.54, 1.807) is 12.3 Å². The van der Waals surface area contributed by atoms with Crippen molar-refractivity contribution < 1.29 is 10.3 Å². The molecule has 0 atom stereocenters. The van der Waals surface area contributed by atoms with Crippen LogP contribution in [0.3, 0.4) is 0 Å². The van der Waals surface area contributed by atoms with Gasteiger partial charge in [0, 0.05) is 29.5 Å². The molecule has 3 N–H and O–H groups in total. The molecule has 6 nitrogen and oxygen atoms in total. The number of para-hydroxylation sites is 1. The van der Waals surface area contributed by atoms with E-state index in [9.17, 15) is 5.11 Å². The fourth-order valence-electron chi connectivity index (χ4n) is 4.22. The lowest BCUT2D eigenvalue weighted by Crippen LogP contribution is -2.12. The van der Waals surface area contributed by atoms with E-state index in [1.165, 1.54) is 35.2 Å². The molecule has 0 amide bonds. The van der Waals surface area contributed by atoms with E-state index >= 15 is 0 Å². The number of hydrogen-bond donors (Lipinski definition) is 3. The van der Waals surface area contributed by atoms with Gasteiger partial charge < -0.3 is 15.6 Å². The smallest absolute Gasteiger partial charge is 0.143 e. The molecule has 0 saturated carbocycles. The summed E-state index contributed by atoms with van der Waals surface area (Å²) in [5, 5.41) is 26.3. The molecule has 156 valence electrons. The average Bonchev–Trinajstić information content (AvgIpc) is 2.77. The van der Waals surface area contributed by atoms with E-state index in [4.69, 9.17) is 10.2 Å². The zero-order valence-corrected chi connectivity index (χ0v) is 17.1. The van der Waals surface area contributed by atoms with Crippen molar-refractivity contribution in [3.63, 3.8) is 0 Å². The van der Waals surface area contributed by atoms with E-state index in [-0.39, 0.29) is 11.4 Å². The molecule has 0 fully saturated rings. The van der Waals surface area contributed by atoms with Gasteiger partial charge in [-0.15, -0.1) is 0 Å². The molecular weight excluding hydrogens is 376 g/mol. The number of oxime groups is 1. The number of unbranched alkanes of at least 4 members (excludes halogenated alkanes) is 2. The summed E-state index contributed by atoms with van der Waals surface area (Å²) in [6.45, 7) is 0.940. The maximum absolute atomic E-state index is 9.89. The molecule has 6 heteroatoms. The molecule has 1 aromatic carbocycles. The topological polar surface area (TPSA) is 90.6 Å². The molecule has 1 aliphatic rings. The van der Waals surface area contributed by atoms with Crippen molar-refractivity contribution in [2.45, 2.75) is 51.4 Å². The first-order valence-electron chi connectivity index (χ1n) is 10.8. The Morgan fingerprint density at radius 2 is 1.97 bits per heavy atom. The van der Waals surface area contributed by atoms with E-state index in [0.717, 1.165) is 62.4 Å². The van der Waals surface area contributed by atoms with Gasteiger partial charge in [-0.2, -0.15) is 0 Å². The molecule has 0 unspecified atom stereocenters. The fraction of sp³-hybridized carbons (Fsp3) is 0.375. The Morgan fingerprint density at radius 3 is 2.83 bits per heavy atom. The summed E-state index contributed by atoms with van der Waals surface area (Å²) in [5.41, 5.74) is 6.31. The lowest BCUT2D eigenvalue weighted by molar-refractivity contribution is 0.321. The highest BCUT2D eigenvalue weighted by atomic mass is 16.4. The van der Waals surface area contributed by atoms with Crippen LogP contribution in [0.15, 0.2) is 41.7 Å². The summed E-state index contributed by atoms with van der Waals surface area (Å²) in [6.07, 6.45) is 11.6. The summed E-state index contributed by atoms with van der Waals surface area (Å²) in [6, 6.07) is 10.1. The molecule has 2 aromatic heterocycles. The monoisotopic (exact) mass is 404 g/mol. The predicted octanol–water partition coefficient (Wildman–Crippen LogP) is 4.85. The van der Waals surface area contributed by atoms with Gasteiger partial charge in [-0.25, -0.2) is 0 Å². The zero-order chi connectivity index (χ0) is 20.8. The van der Waals surface area contributed by atoms with Gasteiger partial charge in [0.25, 0.3) is 0 Å². The fourth-order valence-corrected chi connectivity index (χ4v) is 4.22. The highest BCUT2D eigenvalue weighted by molar-refractivity contribution is 5.93. The van der Waals surface area contributed by atoms with E-state index in [1.807, 2.05) is 0 Å². The number of fused-ring (bicyclic) bond motifs is 2. The molecule has 0 saturated heterocycles. The van der Waals surface area contributed by atoms with Crippen LogP contribution in [0.25, 0.3) is 10.9 Å². The summed E-state index contributed by atoms with van der Waals surface area (Å²) >= 11 is 0. The first kappa shape index (κ1) is 20.1. The number of pyridine rings is 2. The van der Waals surface area contributed by atoms with E-state index in [0.29, 0.717) is 0 Å². The molecule has 4 rings (SSSR count). The minimum Gasteiger partial charge on any atom is -0.506 e. The number of aryl methyl sites for hydroxylation is 2. The lowest BCUT2D eigenvalue weighted by Gasteiger charge is -2.21. The Morgan fingerprint density at radius 1 is 1.10 bits per heavy atom. The molecule has 2 heterocycles. The minimum absolute atomic E-state index is 0.0429. The van der Waals surface area contributed by atoms with Crippen LogP contribution in [-0.2, 0) is 19.3 Å². The van der Waals surface area contributed by atoms with Crippen molar-refractivity contribution in [3.05, 3.63) is 59.0 Å². The van der Waals surface area contributed by atoms with E-state index in [2.05, 4.69) is 39.7 Å². The number of rotatable bonds is 8. The Kier molecular flexibility index (Phi) is 6.42. The quantitative estimate of drug-likeness (QED) is 0.216. The van der Waals surface area contributed by atoms with Gasteiger partial charge in [0.05, 0.1) is 11.7 Å². The molecule has 3 aromatic rings. The third-order valence-electron chi connectivity index (χ3n) is 5.75. The van der Waals surface area contributed by atoms with Gasteiger partial charge in [-0.05, 0) is 68.2 Å². The van der Waals surface area contributed by atoms with Crippen molar-refractivity contribution in [1.29, 1.82) is 0 Å². The molecule has 0 bridgehead atoms. The maximum Gasteiger partial charge on any atom is 0.143 e. The molecule has 0 radical (unpaired) electrons. The Labute approximate surface area is 176 Å². The zero-order valence-electron chi connectivity index (χ0n) is 17.1. The van der Waals surface area contributed by atoms with Crippen molar-refractivity contribution >= 4 is 22.8 Å². The molecule has 0 spiro atoms. The summed E-state index contributed by atoms with van der Waals surface area (Å²) in [7, 11) is 0. The highest BCUT2D eigenvalue weighted by Gasteiger charge is 2.17. The SMILES string of the molecule is O/N=C\c1ncc(CCCCCNc2c3c(nc4ccccc24)CCCC3)cc1O. The maximum atomic E-state index is 9.89. The number of aromatic nitrogens is 2. The van der Waals surface area contributed by atoms with Crippen LogP contribution < -0.4 is 5.32 Å². The number of hydrogen-bond acceptors (Lipinski definition) is 6. The number of aromatic hydroxyl groups is 1. The Balaban J connectivity index is 1.32. The van der Waals surface area contributed by atoms with Crippen LogP contribution in [0.2, 0.25) is 0 Å². The second kappa shape index (κ2) is 9.57. The normalized spacial score (nSPS) is 13.6. The highest BCUT2D eigenvalue weighted by Crippen LogP contribution is 2.33. The van der Waals surface area contributed by atoms with Gasteiger partial charge in [0.1, 0.15) is 11.4 Å². The predicted molar refractivity (Wildman–Crippen MR) is 120 cm³/mol. The molecular formula is C24H28N4O2. The van der Waals surface area contributed by atoms with Crippen LogP contribution in [0.4, 0.5) is 5.69 Å². The van der Waals surface area contributed by atoms with Crippen LogP contribution >= 0.6 is 0 Å². The average molecular weight is 405 g/mol. The lowest BCUT2D eigenvalue weighted by atomic mass is 9.92. The van der Waals surface area contributed by atoms with Crippen molar-refractivity contribution in [3.8, 4) is 5.75 Å². The summed E-state index contributed by atoms with van der Waals surface area (Å²) in [4.78, 5) is 9.02. The number of nitrogens with zero attached hydrogens (tertiary/aromatic N) is 3. The van der Waals surface area contributed by atoms with Crippen LogP contribution in [0.5, 0.6) is 5.75 Å². The van der Waals surface area contributed by atoms with Gasteiger partial charge in [-0.1, -0.05) is 29.8 Å². The first-order chi connectivity index (χ1) is 14.8. The largest absolute Gasteiger partial charge is 0.506 e. The van der Waals surface area contributed by atoms with Gasteiger partial charge >= 0.3 is 0 Å². The summed E-state index contributed by atoms with van der Waals surface area (Å²) < 4.78 is 0. The summed E-state index contributed by atoms with van der Waals surface area (Å²) in [5.74, 6) is 0.0429. The molecule has 0 aliphatic heterocycles.